The first-order valence-electron chi connectivity index (χ1n) is 4.83. The molecule has 0 amide bonds. The average Bonchev–Trinajstić information content (AvgIpc) is 2.02. The fraction of sp³-hybridized carbons (Fsp3) is 1.00. The zero-order chi connectivity index (χ0) is 9.03. The molecule has 1 rings (SSSR count). The Kier molecular flexibility index (Phi) is 3.53. The third-order valence-electron chi connectivity index (χ3n) is 1.98. The molecule has 0 saturated carbocycles. The highest BCUT2D eigenvalue weighted by molar-refractivity contribution is 4.66. The van der Waals surface area contributed by atoms with Gasteiger partial charge in [-0.25, -0.2) is 0 Å². The monoisotopic (exact) mass is 172 g/mol. The van der Waals surface area contributed by atoms with Crippen LogP contribution < -0.4 is 0 Å². The number of ether oxygens (including phenoxy) is 2. The van der Waals surface area contributed by atoms with Crippen molar-refractivity contribution in [1.29, 1.82) is 0 Å². The summed E-state index contributed by atoms with van der Waals surface area (Å²) in [6.45, 7) is 7.91. The van der Waals surface area contributed by atoms with E-state index in [1.807, 2.05) is 0 Å². The molecule has 0 spiro atoms. The van der Waals surface area contributed by atoms with Gasteiger partial charge in [0, 0.05) is 6.61 Å². The highest BCUT2D eigenvalue weighted by Gasteiger charge is 2.17. The molecule has 0 aliphatic carbocycles. The van der Waals surface area contributed by atoms with Gasteiger partial charge in [0.15, 0.2) is 0 Å². The maximum Gasteiger partial charge on any atom is 0.0808 e. The molecule has 1 unspecified atom stereocenters. The smallest absolute Gasteiger partial charge is 0.0808 e. The van der Waals surface area contributed by atoms with Gasteiger partial charge in [-0.1, -0.05) is 0 Å². The number of hydrogen-bond donors (Lipinski definition) is 0. The minimum absolute atomic E-state index is 0.0270. The second-order valence-corrected chi connectivity index (χ2v) is 4.41. The van der Waals surface area contributed by atoms with Crippen LogP contribution in [0.15, 0.2) is 0 Å². The minimum Gasteiger partial charge on any atom is -0.376 e. The molecule has 12 heavy (non-hydrogen) atoms. The highest BCUT2D eigenvalue weighted by atomic mass is 16.5. The normalized spacial score (nSPS) is 25.8. The summed E-state index contributed by atoms with van der Waals surface area (Å²) in [5.41, 5.74) is -0.0270. The summed E-state index contributed by atoms with van der Waals surface area (Å²) in [6, 6.07) is 0. The summed E-state index contributed by atoms with van der Waals surface area (Å²) < 4.78 is 11.2. The van der Waals surface area contributed by atoms with E-state index in [0.29, 0.717) is 6.10 Å². The van der Waals surface area contributed by atoms with Crippen LogP contribution in [0, 0.1) is 0 Å². The van der Waals surface area contributed by atoms with Gasteiger partial charge in [-0.15, -0.1) is 0 Å². The summed E-state index contributed by atoms with van der Waals surface area (Å²) >= 11 is 0. The molecule has 0 bridgehead atoms. The molecule has 1 fully saturated rings. The Balaban J connectivity index is 2.13. The van der Waals surface area contributed by atoms with E-state index in [2.05, 4.69) is 20.8 Å². The van der Waals surface area contributed by atoms with Gasteiger partial charge in [0.05, 0.1) is 18.3 Å². The lowest BCUT2D eigenvalue weighted by atomic mass is 10.1. The van der Waals surface area contributed by atoms with Crippen molar-refractivity contribution in [3.05, 3.63) is 0 Å². The highest BCUT2D eigenvalue weighted by Crippen LogP contribution is 2.15. The third kappa shape index (κ3) is 4.07. The summed E-state index contributed by atoms with van der Waals surface area (Å²) in [7, 11) is 0. The second-order valence-electron chi connectivity index (χ2n) is 4.41. The molecule has 2 nitrogen and oxygen atoms in total. The average molecular weight is 172 g/mol. The Labute approximate surface area is 75.2 Å². The van der Waals surface area contributed by atoms with Gasteiger partial charge in [-0.3, -0.25) is 0 Å². The Hall–Kier alpha value is -0.0800. The first-order valence-corrected chi connectivity index (χ1v) is 4.83. The lowest BCUT2D eigenvalue weighted by Crippen LogP contribution is -2.30. The zero-order valence-electron chi connectivity index (χ0n) is 8.43. The molecular weight excluding hydrogens is 152 g/mol. The van der Waals surface area contributed by atoms with Crippen LogP contribution in [0.4, 0.5) is 0 Å². The van der Waals surface area contributed by atoms with Crippen LogP contribution in [0.1, 0.15) is 40.0 Å². The van der Waals surface area contributed by atoms with Crippen LogP contribution in [0.2, 0.25) is 0 Å². The lowest BCUT2D eigenvalue weighted by Gasteiger charge is -2.27. The summed E-state index contributed by atoms with van der Waals surface area (Å²) in [4.78, 5) is 0. The van der Waals surface area contributed by atoms with Crippen LogP contribution >= 0.6 is 0 Å². The van der Waals surface area contributed by atoms with E-state index in [1.165, 1.54) is 12.8 Å². The summed E-state index contributed by atoms with van der Waals surface area (Å²) in [5.74, 6) is 0. The topological polar surface area (TPSA) is 18.5 Å². The van der Waals surface area contributed by atoms with Gasteiger partial charge in [0.1, 0.15) is 0 Å². The van der Waals surface area contributed by atoms with E-state index in [4.69, 9.17) is 9.47 Å². The first-order chi connectivity index (χ1) is 5.58. The summed E-state index contributed by atoms with van der Waals surface area (Å²) in [5, 5.41) is 0. The molecule has 1 aliphatic heterocycles. The predicted octanol–water partition coefficient (Wildman–Crippen LogP) is 2.37. The fourth-order valence-corrected chi connectivity index (χ4v) is 1.28. The standard InChI is InChI=1S/C10H20O2/c1-10(2,3)12-8-9-6-4-5-7-11-9/h9H,4-8H2,1-3H3. The molecule has 1 saturated heterocycles. The van der Waals surface area contributed by atoms with Crippen LogP contribution in [-0.4, -0.2) is 24.9 Å². The number of hydrogen-bond acceptors (Lipinski definition) is 2. The van der Waals surface area contributed by atoms with Crippen molar-refractivity contribution < 1.29 is 9.47 Å². The molecule has 0 N–H and O–H groups in total. The van der Waals surface area contributed by atoms with Gasteiger partial charge in [0.2, 0.25) is 0 Å². The molecule has 0 aromatic carbocycles. The first kappa shape index (κ1) is 10.0. The number of rotatable bonds is 2. The van der Waals surface area contributed by atoms with Gasteiger partial charge >= 0.3 is 0 Å². The van der Waals surface area contributed by atoms with E-state index < -0.39 is 0 Å². The Morgan fingerprint density at radius 2 is 2.08 bits per heavy atom. The lowest BCUT2D eigenvalue weighted by molar-refractivity contribution is -0.0862. The van der Waals surface area contributed by atoms with Gasteiger partial charge in [-0.2, -0.15) is 0 Å². The fourth-order valence-electron chi connectivity index (χ4n) is 1.28. The Morgan fingerprint density at radius 1 is 1.33 bits per heavy atom. The molecule has 1 aliphatic rings. The maximum atomic E-state index is 5.64. The van der Waals surface area contributed by atoms with Gasteiger partial charge in [-0.05, 0) is 40.0 Å². The molecule has 0 aromatic heterocycles. The third-order valence-corrected chi connectivity index (χ3v) is 1.98. The van der Waals surface area contributed by atoms with E-state index in [9.17, 15) is 0 Å². The van der Waals surface area contributed by atoms with Gasteiger partial charge in [0.25, 0.3) is 0 Å². The van der Waals surface area contributed by atoms with Crippen LogP contribution in [0.25, 0.3) is 0 Å². The Morgan fingerprint density at radius 3 is 2.58 bits per heavy atom. The summed E-state index contributed by atoms with van der Waals surface area (Å²) in [6.07, 6.45) is 4.01. The van der Waals surface area contributed by atoms with Crippen molar-refractivity contribution in [2.45, 2.75) is 51.7 Å². The second kappa shape index (κ2) is 4.24. The van der Waals surface area contributed by atoms with Crippen molar-refractivity contribution in [1.82, 2.24) is 0 Å². The van der Waals surface area contributed by atoms with E-state index >= 15 is 0 Å². The predicted molar refractivity (Wildman–Crippen MR) is 49.3 cm³/mol. The largest absolute Gasteiger partial charge is 0.376 e. The van der Waals surface area contributed by atoms with Crippen LogP contribution in [-0.2, 0) is 9.47 Å². The van der Waals surface area contributed by atoms with Crippen molar-refractivity contribution in [2.75, 3.05) is 13.2 Å². The quantitative estimate of drug-likeness (QED) is 0.636. The minimum atomic E-state index is -0.0270. The van der Waals surface area contributed by atoms with Crippen LogP contribution in [0.5, 0.6) is 0 Å². The van der Waals surface area contributed by atoms with Crippen molar-refractivity contribution in [3.8, 4) is 0 Å². The molecular formula is C10H20O2. The van der Waals surface area contributed by atoms with E-state index in [1.54, 1.807) is 0 Å². The molecule has 0 radical (unpaired) electrons. The molecule has 1 heterocycles. The van der Waals surface area contributed by atoms with Crippen molar-refractivity contribution in [2.24, 2.45) is 0 Å². The van der Waals surface area contributed by atoms with Crippen molar-refractivity contribution in [3.63, 3.8) is 0 Å². The van der Waals surface area contributed by atoms with E-state index in [0.717, 1.165) is 19.6 Å². The molecule has 1 atom stereocenters. The maximum absolute atomic E-state index is 5.64. The Bertz CT molecular complexity index is 120. The zero-order valence-corrected chi connectivity index (χ0v) is 8.43. The van der Waals surface area contributed by atoms with Crippen LogP contribution in [0.3, 0.4) is 0 Å². The van der Waals surface area contributed by atoms with Crippen molar-refractivity contribution >= 4 is 0 Å². The van der Waals surface area contributed by atoms with E-state index in [-0.39, 0.29) is 5.60 Å². The molecule has 0 aromatic rings. The SMILES string of the molecule is CC(C)(C)OCC1CCCCO1. The molecule has 72 valence electrons. The molecule has 2 heteroatoms. The van der Waals surface area contributed by atoms with Gasteiger partial charge < -0.3 is 9.47 Å².